The third-order valence-electron chi connectivity index (χ3n) is 2.52. The number of carbonyl (C=O) groups excluding carboxylic acids is 1. The van der Waals surface area contributed by atoms with Gasteiger partial charge in [-0.3, -0.25) is 14.9 Å². The highest BCUT2D eigenvalue weighted by Crippen LogP contribution is 2.22. The summed E-state index contributed by atoms with van der Waals surface area (Å²) in [6.45, 7) is -0.0730. The van der Waals surface area contributed by atoms with Crippen LogP contribution in [0.2, 0.25) is 0 Å². The topological polar surface area (TPSA) is 98.0 Å². The van der Waals surface area contributed by atoms with E-state index in [2.05, 4.69) is 15.5 Å². The Morgan fingerprint density at radius 3 is 2.76 bits per heavy atom. The Balaban J connectivity index is 2.21. The molecule has 2 aromatic rings. The van der Waals surface area contributed by atoms with Crippen LogP contribution in [0.15, 0.2) is 30.5 Å². The molecule has 1 heterocycles. The highest BCUT2D eigenvalue weighted by atomic mass is 19.1. The van der Waals surface area contributed by atoms with Crippen molar-refractivity contribution in [2.75, 3.05) is 0 Å². The van der Waals surface area contributed by atoms with Gasteiger partial charge in [-0.1, -0.05) is 0 Å². The first-order chi connectivity index (χ1) is 9.99. The van der Waals surface area contributed by atoms with Gasteiger partial charge in [-0.2, -0.15) is 14.6 Å². The average Bonchev–Trinajstić information content (AvgIpc) is 2.47. The fourth-order valence-electron chi connectivity index (χ4n) is 1.57. The molecule has 108 valence electrons. The molecule has 0 saturated carbocycles. The summed E-state index contributed by atoms with van der Waals surface area (Å²) >= 11 is 0. The highest BCUT2D eigenvalue weighted by molar-refractivity contribution is 5.95. The number of nitrogens with one attached hydrogen (secondary N) is 1. The minimum Gasteiger partial charge on any atom is -0.346 e. The molecule has 21 heavy (non-hydrogen) atoms. The molecule has 2 rings (SSSR count). The predicted octanol–water partition coefficient (Wildman–Crippen LogP) is 1.59. The van der Waals surface area contributed by atoms with E-state index in [1.807, 2.05) is 0 Å². The molecule has 9 heteroatoms. The van der Waals surface area contributed by atoms with Crippen molar-refractivity contribution < 1.29 is 18.5 Å². The SMILES string of the molecule is O=C(NCc1cccnn1)c1cc(F)cc([N+](=O)[O-])c1F. The van der Waals surface area contributed by atoms with Crippen molar-refractivity contribution in [3.05, 3.63) is 63.5 Å². The smallest absolute Gasteiger partial charge is 0.308 e. The fourth-order valence-corrected chi connectivity index (χ4v) is 1.57. The Kier molecular flexibility index (Phi) is 4.12. The number of hydrogen-bond donors (Lipinski definition) is 1. The Hall–Kier alpha value is -2.97. The number of aromatic nitrogens is 2. The van der Waals surface area contributed by atoms with Crippen LogP contribution in [-0.2, 0) is 6.54 Å². The van der Waals surface area contributed by atoms with Gasteiger partial charge < -0.3 is 5.32 Å². The zero-order valence-electron chi connectivity index (χ0n) is 10.4. The molecular weight excluding hydrogens is 286 g/mol. The van der Waals surface area contributed by atoms with Gasteiger partial charge in [0.05, 0.1) is 28.8 Å². The Morgan fingerprint density at radius 1 is 1.38 bits per heavy atom. The zero-order chi connectivity index (χ0) is 15.4. The number of nitrogens with zero attached hydrogens (tertiary/aromatic N) is 3. The maximum Gasteiger partial charge on any atom is 0.308 e. The first-order valence-electron chi connectivity index (χ1n) is 5.67. The summed E-state index contributed by atoms with van der Waals surface area (Å²) in [5.74, 6) is -3.45. The summed E-state index contributed by atoms with van der Waals surface area (Å²) in [6.07, 6.45) is 1.43. The molecule has 0 unspecified atom stereocenters. The van der Waals surface area contributed by atoms with E-state index in [0.717, 1.165) is 0 Å². The van der Waals surface area contributed by atoms with Gasteiger partial charge in [0, 0.05) is 6.20 Å². The third kappa shape index (κ3) is 3.32. The molecule has 0 aliphatic rings. The summed E-state index contributed by atoms with van der Waals surface area (Å²) in [4.78, 5) is 21.3. The molecule has 1 N–H and O–H groups in total. The molecule has 1 amide bonds. The largest absolute Gasteiger partial charge is 0.346 e. The normalized spacial score (nSPS) is 10.2. The predicted molar refractivity (Wildman–Crippen MR) is 66.2 cm³/mol. The quantitative estimate of drug-likeness (QED) is 0.682. The first-order valence-corrected chi connectivity index (χ1v) is 5.67. The van der Waals surface area contributed by atoms with Crippen molar-refractivity contribution in [2.24, 2.45) is 0 Å². The molecule has 0 fully saturated rings. The second kappa shape index (κ2) is 5.99. The molecule has 0 atom stereocenters. The minimum atomic E-state index is -1.39. The van der Waals surface area contributed by atoms with E-state index < -0.39 is 33.7 Å². The van der Waals surface area contributed by atoms with E-state index >= 15 is 0 Å². The Morgan fingerprint density at radius 2 is 2.14 bits per heavy atom. The van der Waals surface area contributed by atoms with Crippen LogP contribution in [-0.4, -0.2) is 21.0 Å². The molecular formula is C12H8F2N4O3. The van der Waals surface area contributed by atoms with Gasteiger partial charge in [0.1, 0.15) is 5.82 Å². The summed E-state index contributed by atoms with van der Waals surface area (Å²) in [5.41, 5.74) is -1.44. The van der Waals surface area contributed by atoms with Crippen molar-refractivity contribution in [1.29, 1.82) is 0 Å². The lowest BCUT2D eigenvalue weighted by Gasteiger charge is -2.06. The van der Waals surface area contributed by atoms with Gasteiger partial charge in [-0.15, -0.1) is 0 Å². The van der Waals surface area contributed by atoms with Gasteiger partial charge in [0.25, 0.3) is 5.91 Å². The van der Waals surface area contributed by atoms with E-state index in [1.54, 1.807) is 12.1 Å². The number of benzene rings is 1. The lowest BCUT2D eigenvalue weighted by molar-refractivity contribution is -0.387. The maximum atomic E-state index is 13.8. The van der Waals surface area contributed by atoms with Crippen LogP contribution in [0, 0.1) is 21.7 Å². The number of halogens is 2. The number of rotatable bonds is 4. The molecule has 0 bridgehead atoms. The number of nitro groups is 1. The highest BCUT2D eigenvalue weighted by Gasteiger charge is 2.24. The van der Waals surface area contributed by atoms with Gasteiger partial charge in [-0.05, 0) is 18.2 Å². The van der Waals surface area contributed by atoms with Crippen LogP contribution >= 0.6 is 0 Å². The van der Waals surface area contributed by atoms with Gasteiger partial charge in [-0.25, -0.2) is 4.39 Å². The number of hydrogen-bond acceptors (Lipinski definition) is 5. The number of amides is 1. The van der Waals surface area contributed by atoms with Crippen molar-refractivity contribution >= 4 is 11.6 Å². The summed E-state index contributed by atoms with van der Waals surface area (Å²) in [7, 11) is 0. The number of carbonyl (C=O) groups is 1. The third-order valence-corrected chi connectivity index (χ3v) is 2.52. The van der Waals surface area contributed by atoms with Crippen LogP contribution in [0.3, 0.4) is 0 Å². The van der Waals surface area contributed by atoms with Gasteiger partial charge in [0.15, 0.2) is 0 Å². The van der Waals surface area contributed by atoms with Crippen LogP contribution in [0.25, 0.3) is 0 Å². The van der Waals surface area contributed by atoms with E-state index in [4.69, 9.17) is 0 Å². The molecule has 0 spiro atoms. The fraction of sp³-hybridized carbons (Fsp3) is 0.0833. The first kappa shape index (κ1) is 14.4. The monoisotopic (exact) mass is 294 g/mol. The van der Waals surface area contributed by atoms with E-state index in [1.165, 1.54) is 6.20 Å². The maximum absolute atomic E-state index is 13.8. The van der Waals surface area contributed by atoms with E-state index in [9.17, 15) is 23.7 Å². The van der Waals surface area contributed by atoms with Crippen LogP contribution < -0.4 is 5.32 Å². The molecule has 1 aromatic carbocycles. The lowest BCUT2D eigenvalue weighted by atomic mass is 10.1. The standard InChI is InChI=1S/C12H8F2N4O3/c13-7-4-9(11(14)10(5-7)18(20)21)12(19)15-6-8-2-1-3-16-17-8/h1-5H,6H2,(H,15,19). The summed E-state index contributed by atoms with van der Waals surface area (Å²) < 4.78 is 27.0. The molecule has 1 aromatic heterocycles. The molecule has 0 saturated heterocycles. The molecule has 7 nitrogen and oxygen atoms in total. The summed E-state index contributed by atoms with van der Waals surface area (Å²) in [5, 5.41) is 20.1. The molecule has 0 aliphatic heterocycles. The number of nitro benzene ring substituents is 1. The van der Waals surface area contributed by atoms with Crippen molar-refractivity contribution in [2.45, 2.75) is 6.54 Å². The summed E-state index contributed by atoms with van der Waals surface area (Å²) in [6, 6.07) is 4.16. The lowest BCUT2D eigenvalue weighted by Crippen LogP contribution is -2.25. The van der Waals surface area contributed by atoms with Crippen molar-refractivity contribution in [1.82, 2.24) is 15.5 Å². The second-order valence-electron chi connectivity index (χ2n) is 3.94. The Labute approximate surface area is 116 Å². The van der Waals surface area contributed by atoms with Crippen molar-refractivity contribution in [3.8, 4) is 0 Å². The zero-order valence-corrected chi connectivity index (χ0v) is 10.4. The van der Waals surface area contributed by atoms with Crippen LogP contribution in [0.1, 0.15) is 16.1 Å². The second-order valence-corrected chi connectivity index (χ2v) is 3.94. The van der Waals surface area contributed by atoms with Gasteiger partial charge >= 0.3 is 5.69 Å². The van der Waals surface area contributed by atoms with Crippen LogP contribution in [0.4, 0.5) is 14.5 Å². The van der Waals surface area contributed by atoms with Crippen molar-refractivity contribution in [3.63, 3.8) is 0 Å². The average molecular weight is 294 g/mol. The minimum absolute atomic E-state index is 0.0730. The Bertz CT molecular complexity index is 694. The van der Waals surface area contributed by atoms with E-state index in [0.29, 0.717) is 17.8 Å². The van der Waals surface area contributed by atoms with Gasteiger partial charge in [0.2, 0.25) is 5.82 Å². The van der Waals surface area contributed by atoms with E-state index in [-0.39, 0.29) is 6.54 Å². The van der Waals surface area contributed by atoms with Crippen LogP contribution in [0.5, 0.6) is 0 Å². The molecule has 0 aliphatic carbocycles. The molecule has 0 radical (unpaired) electrons.